The standard InChI is InChI=1S/C4H9IN2O3S/c1-3(5)2-7-4(8)11(6,9)10/h3H,2H2,1H3,(H,7,8)(H2,6,9,10). The van der Waals surface area contributed by atoms with Gasteiger partial charge in [0.25, 0.3) is 10.0 Å². The quantitative estimate of drug-likeness (QED) is 0.546. The predicted molar refractivity (Wildman–Crippen MR) is 50.0 cm³/mol. The number of primary sulfonamides is 1. The van der Waals surface area contributed by atoms with Crippen molar-refractivity contribution in [2.75, 3.05) is 6.54 Å². The fraction of sp³-hybridized carbons (Fsp3) is 0.750. The van der Waals surface area contributed by atoms with E-state index in [1.54, 1.807) is 0 Å². The summed E-state index contributed by atoms with van der Waals surface area (Å²) >= 11 is 2.05. The van der Waals surface area contributed by atoms with Crippen LogP contribution in [0.5, 0.6) is 0 Å². The van der Waals surface area contributed by atoms with Crippen molar-refractivity contribution in [1.82, 2.24) is 5.32 Å². The molecule has 0 aromatic heterocycles. The van der Waals surface area contributed by atoms with E-state index < -0.39 is 15.3 Å². The highest BCUT2D eigenvalue weighted by molar-refractivity contribution is 14.1. The molecule has 0 heterocycles. The Bertz CT molecular complexity index is 236. The van der Waals surface area contributed by atoms with Crippen molar-refractivity contribution in [2.24, 2.45) is 5.14 Å². The Labute approximate surface area is 78.9 Å². The van der Waals surface area contributed by atoms with Crippen LogP contribution in [0, 0.1) is 0 Å². The molecule has 0 saturated heterocycles. The molecule has 0 rings (SSSR count). The number of nitrogens with two attached hydrogens (primary N) is 1. The average Bonchev–Trinajstić information content (AvgIpc) is 1.80. The maximum Gasteiger partial charge on any atom is 0.351 e. The lowest BCUT2D eigenvalue weighted by molar-refractivity contribution is 0.258. The number of halogens is 1. The summed E-state index contributed by atoms with van der Waals surface area (Å²) in [4.78, 5) is 10.5. The van der Waals surface area contributed by atoms with Gasteiger partial charge in [-0.1, -0.05) is 29.5 Å². The molecule has 0 bridgehead atoms. The summed E-state index contributed by atoms with van der Waals surface area (Å²) < 4.78 is 20.8. The molecule has 0 saturated carbocycles. The number of rotatable bonds is 2. The summed E-state index contributed by atoms with van der Waals surface area (Å²) in [5, 5.41) is 5.56. The molecule has 0 aromatic rings. The Morgan fingerprint density at radius 1 is 1.73 bits per heavy atom. The van der Waals surface area contributed by atoms with Crippen LogP contribution in [0.4, 0.5) is 4.79 Å². The van der Waals surface area contributed by atoms with Crippen molar-refractivity contribution in [1.29, 1.82) is 0 Å². The number of amides is 1. The predicted octanol–water partition coefficient (Wildman–Crippen LogP) is -0.192. The van der Waals surface area contributed by atoms with Crippen LogP contribution in [0.2, 0.25) is 0 Å². The molecule has 0 aromatic carbocycles. The molecule has 66 valence electrons. The largest absolute Gasteiger partial charge is 0.351 e. The molecule has 0 radical (unpaired) electrons. The molecular weight excluding hydrogens is 283 g/mol. The molecular formula is C4H9IN2O3S. The third-order valence-electron chi connectivity index (χ3n) is 0.786. The highest BCUT2D eigenvalue weighted by Gasteiger charge is 2.15. The second kappa shape index (κ2) is 4.21. The summed E-state index contributed by atoms with van der Waals surface area (Å²) in [6, 6.07) is 0. The lowest BCUT2D eigenvalue weighted by Crippen LogP contribution is -2.36. The van der Waals surface area contributed by atoms with E-state index in [4.69, 9.17) is 0 Å². The van der Waals surface area contributed by atoms with Crippen molar-refractivity contribution in [3.63, 3.8) is 0 Å². The van der Waals surface area contributed by atoms with Crippen LogP contribution in [0.1, 0.15) is 6.92 Å². The minimum atomic E-state index is -4.05. The third-order valence-corrected chi connectivity index (χ3v) is 1.89. The van der Waals surface area contributed by atoms with Gasteiger partial charge in [-0.05, 0) is 0 Å². The van der Waals surface area contributed by atoms with Crippen LogP contribution in [-0.4, -0.2) is 24.1 Å². The van der Waals surface area contributed by atoms with Crippen molar-refractivity contribution in [3.8, 4) is 0 Å². The zero-order valence-electron chi connectivity index (χ0n) is 5.87. The molecule has 3 N–H and O–H groups in total. The van der Waals surface area contributed by atoms with Gasteiger partial charge >= 0.3 is 5.24 Å². The number of hydrogen-bond acceptors (Lipinski definition) is 3. The van der Waals surface area contributed by atoms with Gasteiger partial charge in [-0.15, -0.1) is 0 Å². The molecule has 0 aliphatic heterocycles. The first kappa shape index (κ1) is 11.1. The number of sulfonamides is 1. The van der Waals surface area contributed by atoms with E-state index in [1.807, 2.05) is 6.92 Å². The monoisotopic (exact) mass is 292 g/mol. The van der Waals surface area contributed by atoms with Crippen LogP contribution >= 0.6 is 22.6 Å². The Morgan fingerprint density at radius 2 is 2.18 bits per heavy atom. The summed E-state index contributed by atoms with van der Waals surface area (Å²) in [5.41, 5.74) is 0. The number of hydrogen-bond donors (Lipinski definition) is 2. The van der Waals surface area contributed by atoms with Gasteiger partial charge < -0.3 is 5.32 Å². The van der Waals surface area contributed by atoms with Crippen molar-refractivity contribution < 1.29 is 13.2 Å². The van der Waals surface area contributed by atoms with E-state index in [0.717, 1.165) is 0 Å². The number of nitrogens with one attached hydrogen (secondary N) is 1. The molecule has 11 heavy (non-hydrogen) atoms. The zero-order valence-corrected chi connectivity index (χ0v) is 8.85. The van der Waals surface area contributed by atoms with E-state index >= 15 is 0 Å². The first-order valence-corrected chi connectivity index (χ1v) is 5.58. The molecule has 1 atom stereocenters. The van der Waals surface area contributed by atoms with E-state index in [9.17, 15) is 13.2 Å². The SMILES string of the molecule is CC(I)CNC(=O)S(N)(=O)=O. The van der Waals surface area contributed by atoms with E-state index in [0.29, 0.717) is 6.54 Å². The van der Waals surface area contributed by atoms with E-state index in [1.165, 1.54) is 0 Å². The zero-order chi connectivity index (χ0) is 9.07. The Kier molecular flexibility index (Phi) is 4.26. The van der Waals surface area contributed by atoms with Gasteiger partial charge in [-0.25, -0.2) is 13.6 Å². The molecule has 5 nitrogen and oxygen atoms in total. The van der Waals surface area contributed by atoms with E-state index in [2.05, 4.69) is 33.0 Å². The Morgan fingerprint density at radius 3 is 2.45 bits per heavy atom. The van der Waals surface area contributed by atoms with Gasteiger partial charge in [0.2, 0.25) is 0 Å². The number of carbonyl (C=O) groups is 1. The highest BCUT2D eigenvalue weighted by Crippen LogP contribution is 1.95. The summed E-state index contributed by atoms with van der Waals surface area (Å²) in [6.07, 6.45) is 0. The molecule has 0 aliphatic rings. The van der Waals surface area contributed by atoms with Gasteiger partial charge in [0.15, 0.2) is 0 Å². The van der Waals surface area contributed by atoms with Gasteiger partial charge in [-0.3, -0.25) is 4.79 Å². The minimum Gasteiger partial charge on any atom is -0.341 e. The summed E-state index contributed by atoms with van der Waals surface area (Å²) in [5.74, 6) is 0. The first-order valence-electron chi connectivity index (χ1n) is 2.78. The second-order valence-electron chi connectivity index (χ2n) is 1.99. The molecule has 1 amide bonds. The van der Waals surface area contributed by atoms with Gasteiger partial charge in [0.05, 0.1) is 0 Å². The van der Waals surface area contributed by atoms with Crippen LogP contribution in [0.15, 0.2) is 0 Å². The Balaban J connectivity index is 3.92. The maximum atomic E-state index is 10.5. The average molecular weight is 292 g/mol. The number of alkyl halides is 1. The topological polar surface area (TPSA) is 89.3 Å². The smallest absolute Gasteiger partial charge is 0.341 e. The fourth-order valence-electron chi connectivity index (χ4n) is 0.325. The number of carbonyl (C=O) groups excluding carboxylic acids is 1. The fourth-order valence-corrected chi connectivity index (χ4v) is 0.829. The summed E-state index contributed by atoms with van der Waals surface area (Å²) in [6.45, 7) is 2.14. The van der Waals surface area contributed by atoms with Crippen molar-refractivity contribution >= 4 is 37.9 Å². The van der Waals surface area contributed by atoms with Crippen LogP contribution in [-0.2, 0) is 10.0 Å². The maximum absolute atomic E-state index is 10.5. The van der Waals surface area contributed by atoms with Gasteiger partial charge in [-0.2, -0.15) is 0 Å². The Hall–Kier alpha value is 0.110. The molecule has 1 unspecified atom stereocenters. The molecule has 7 heteroatoms. The molecule has 0 spiro atoms. The molecule has 0 fully saturated rings. The van der Waals surface area contributed by atoms with Crippen molar-refractivity contribution in [3.05, 3.63) is 0 Å². The van der Waals surface area contributed by atoms with Gasteiger partial charge in [0.1, 0.15) is 0 Å². The third kappa shape index (κ3) is 5.39. The van der Waals surface area contributed by atoms with E-state index in [-0.39, 0.29) is 3.92 Å². The van der Waals surface area contributed by atoms with Crippen molar-refractivity contribution in [2.45, 2.75) is 10.8 Å². The van der Waals surface area contributed by atoms with Crippen LogP contribution < -0.4 is 10.5 Å². The first-order chi connectivity index (χ1) is 4.84. The normalized spacial score (nSPS) is 14.1. The summed E-state index contributed by atoms with van der Waals surface area (Å²) in [7, 11) is -4.05. The van der Waals surface area contributed by atoms with Crippen LogP contribution in [0.25, 0.3) is 0 Å². The van der Waals surface area contributed by atoms with Crippen LogP contribution in [0.3, 0.4) is 0 Å². The second-order valence-corrected chi connectivity index (χ2v) is 5.58. The molecule has 0 aliphatic carbocycles. The highest BCUT2D eigenvalue weighted by atomic mass is 127. The minimum absolute atomic E-state index is 0.179. The van der Waals surface area contributed by atoms with Gasteiger partial charge in [0, 0.05) is 10.5 Å². The lowest BCUT2D eigenvalue weighted by atomic mass is 10.5. The lowest BCUT2D eigenvalue weighted by Gasteiger charge is -2.03.